The van der Waals surface area contributed by atoms with Crippen molar-refractivity contribution >= 4 is 5.82 Å². The maximum atomic E-state index is 4.49. The second kappa shape index (κ2) is 5.29. The summed E-state index contributed by atoms with van der Waals surface area (Å²) in [5.41, 5.74) is 1.78. The third-order valence-electron chi connectivity index (χ3n) is 3.70. The zero-order valence-corrected chi connectivity index (χ0v) is 13.0. The van der Waals surface area contributed by atoms with E-state index in [4.69, 9.17) is 0 Å². The molecule has 1 rings (SSSR count). The summed E-state index contributed by atoms with van der Waals surface area (Å²) in [5, 5.41) is 3.42. The number of hydrogen-bond acceptors (Lipinski definition) is 2. The summed E-state index contributed by atoms with van der Waals surface area (Å²) < 4.78 is 0. The van der Waals surface area contributed by atoms with Gasteiger partial charge >= 0.3 is 0 Å². The Hall–Kier alpha value is -1.05. The monoisotopic (exact) mass is 248 g/mol. The zero-order chi connectivity index (χ0) is 14.0. The van der Waals surface area contributed by atoms with Crippen LogP contribution >= 0.6 is 0 Å². The van der Waals surface area contributed by atoms with Crippen molar-refractivity contribution < 1.29 is 0 Å². The van der Waals surface area contributed by atoms with Gasteiger partial charge in [-0.25, -0.2) is 4.98 Å². The van der Waals surface area contributed by atoms with Crippen molar-refractivity contribution in [2.45, 2.75) is 53.9 Å². The normalized spacial score (nSPS) is 14.4. The van der Waals surface area contributed by atoms with E-state index in [0.717, 1.165) is 12.4 Å². The molecule has 18 heavy (non-hydrogen) atoms. The van der Waals surface area contributed by atoms with Gasteiger partial charge < -0.3 is 5.32 Å². The van der Waals surface area contributed by atoms with Crippen LogP contribution < -0.4 is 5.32 Å². The highest BCUT2D eigenvalue weighted by Gasteiger charge is 2.19. The van der Waals surface area contributed by atoms with Gasteiger partial charge in [0.1, 0.15) is 5.82 Å². The standard InChI is InChI=1S/C16H28N2/c1-12(15(2,3)4)10-17-14-9-8-13(11-18-14)16(5,6)7/h8-9,11-12H,10H2,1-7H3,(H,17,18). The van der Waals surface area contributed by atoms with Crippen LogP contribution in [0.5, 0.6) is 0 Å². The lowest BCUT2D eigenvalue weighted by Gasteiger charge is -2.27. The third kappa shape index (κ3) is 4.32. The van der Waals surface area contributed by atoms with E-state index in [1.807, 2.05) is 6.20 Å². The number of anilines is 1. The van der Waals surface area contributed by atoms with E-state index in [9.17, 15) is 0 Å². The molecule has 1 aromatic rings. The molecule has 0 aromatic carbocycles. The maximum absolute atomic E-state index is 4.49. The smallest absolute Gasteiger partial charge is 0.125 e. The van der Waals surface area contributed by atoms with Crippen LogP contribution in [0.15, 0.2) is 18.3 Å². The van der Waals surface area contributed by atoms with Crippen molar-refractivity contribution in [1.82, 2.24) is 4.98 Å². The van der Waals surface area contributed by atoms with Gasteiger partial charge in [-0.05, 0) is 28.4 Å². The highest BCUT2D eigenvalue weighted by atomic mass is 15.0. The van der Waals surface area contributed by atoms with Crippen LogP contribution in [0, 0.1) is 11.3 Å². The van der Waals surface area contributed by atoms with Crippen LogP contribution in [-0.4, -0.2) is 11.5 Å². The fourth-order valence-electron chi connectivity index (χ4n) is 1.51. The number of nitrogens with zero attached hydrogens (tertiary/aromatic N) is 1. The summed E-state index contributed by atoms with van der Waals surface area (Å²) >= 11 is 0. The topological polar surface area (TPSA) is 24.9 Å². The quantitative estimate of drug-likeness (QED) is 0.853. The summed E-state index contributed by atoms with van der Waals surface area (Å²) in [6, 6.07) is 4.24. The second-order valence-electron chi connectivity index (χ2n) is 7.33. The summed E-state index contributed by atoms with van der Waals surface area (Å²) in [6.07, 6.45) is 1.98. The molecule has 1 atom stereocenters. The Morgan fingerprint density at radius 2 is 1.72 bits per heavy atom. The van der Waals surface area contributed by atoms with Crippen LogP contribution in [0.3, 0.4) is 0 Å². The van der Waals surface area contributed by atoms with Gasteiger partial charge in [-0.15, -0.1) is 0 Å². The first kappa shape index (κ1) is 15.0. The molecule has 1 unspecified atom stereocenters. The molecule has 0 saturated carbocycles. The van der Waals surface area contributed by atoms with Gasteiger partial charge in [0, 0.05) is 12.7 Å². The van der Waals surface area contributed by atoms with E-state index in [1.54, 1.807) is 0 Å². The molecule has 0 radical (unpaired) electrons. The van der Waals surface area contributed by atoms with Crippen molar-refractivity contribution in [1.29, 1.82) is 0 Å². The molecule has 0 fully saturated rings. The molecule has 1 heterocycles. The van der Waals surface area contributed by atoms with Crippen molar-refractivity contribution in [2.24, 2.45) is 11.3 Å². The Morgan fingerprint density at radius 3 is 2.11 bits per heavy atom. The maximum Gasteiger partial charge on any atom is 0.125 e. The van der Waals surface area contributed by atoms with E-state index in [0.29, 0.717) is 11.3 Å². The second-order valence-corrected chi connectivity index (χ2v) is 7.33. The van der Waals surface area contributed by atoms with Crippen LogP contribution in [0.25, 0.3) is 0 Å². The average molecular weight is 248 g/mol. The summed E-state index contributed by atoms with van der Waals surface area (Å²) in [4.78, 5) is 4.49. The van der Waals surface area contributed by atoms with Crippen molar-refractivity contribution in [3.8, 4) is 0 Å². The molecule has 2 heteroatoms. The van der Waals surface area contributed by atoms with Crippen molar-refractivity contribution in [3.05, 3.63) is 23.9 Å². The average Bonchev–Trinajstić information content (AvgIpc) is 2.24. The molecule has 102 valence electrons. The Balaban J connectivity index is 2.60. The highest BCUT2D eigenvalue weighted by Crippen LogP contribution is 2.26. The molecule has 0 aliphatic heterocycles. The van der Waals surface area contributed by atoms with E-state index in [-0.39, 0.29) is 5.41 Å². The Morgan fingerprint density at radius 1 is 1.11 bits per heavy atom. The van der Waals surface area contributed by atoms with E-state index >= 15 is 0 Å². The van der Waals surface area contributed by atoms with Gasteiger partial charge in [-0.2, -0.15) is 0 Å². The predicted molar refractivity (Wildman–Crippen MR) is 80.0 cm³/mol. The minimum atomic E-state index is 0.171. The predicted octanol–water partition coefficient (Wildman–Crippen LogP) is 4.47. The molecule has 0 aliphatic rings. The van der Waals surface area contributed by atoms with Gasteiger partial charge in [0.05, 0.1) is 0 Å². The molecular formula is C16H28N2. The molecule has 1 N–H and O–H groups in total. The van der Waals surface area contributed by atoms with E-state index < -0.39 is 0 Å². The van der Waals surface area contributed by atoms with Crippen LogP contribution in [0.1, 0.15) is 54.0 Å². The lowest BCUT2D eigenvalue weighted by atomic mass is 9.82. The van der Waals surface area contributed by atoms with E-state index in [1.165, 1.54) is 5.56 Å². The van der Waals surface area contributed by atoms with Gasteiger partial charge in [0.25, 0.3) is 0 Å². The Kier molecular flexibility index (Phi) is 4.41. The van der Waals surface area contributed by atoms with Crippen LogP contribution in [-0.2, 0) is 5.41 Å². The molecule has 0 spiro atoms. The van der Waals surface area contributed by atoms with Gasteiger partial charge in [0.15, 0.2) is 0 Å². The minimum Gasteiger partial charge on any atom is -0.370 e. The first-order valence-electron chi connectivity index (χ1n) is 6.81. The van der Waals surface area contributed by atoms with Gasteiger partial charge in [-0.1, -0.05) is 54.5 Å². The highest BCUT2D eigenvalue weighted by molar-refractivity contribution is 5.37. The molecular weight excluding hydrogens is 220 g/mol. The fraction of sp³-hybridized carbons (Fsp3) is 0.688. The molecule has 0 saturated heterocycles. The van der Waals surface area contributed by atoms with Crippen LogP contribution in [0.4, 0.5) is 5.82 Å². The number of rotatable bonds is 3. The Bertz CT molecular complexity index is 366. The Labute approximate surface area is 112 Å². The van der Waals surface area contributed by atoms with Crippen molar-refractivity contribution in [2.75, 3.05) is 11.9 Å². The lowest BCUT2D eigenvalue weighted by Crippen LogP contribution is -2.25. The van der Waals surface area contributed by atoms with E-state index in [2.05, 4.69) is 70.9 Å². The minimum absolute atomic E-state index is 0.171. The lowest BCUT2D eigenvalue weighted by molar-refractivity contribution is 0.274. The largest absolute Gasteiger partial charge is 0.370 e. The fourth-order valence-corrected chi connectivity index (χ4v) is 1.51. The summed E-state index contributed by atoms with van der Waals surface area (Å²) in [7, 11) is 0. The summed E-state index contributed by atoms with van der Waals surface area (Å²) in [5.74, 6) is 1.58. The molecule has 0 bridgehead atoms. The first-order chi connectivity index (χ1) is 8.10. The van der Waals surface area contributed by atoms with Crippen molar-refractivity contribution in [3.63, 3.8) is 0 Å². The number of aromatic nitrogens is 1. The molecule has 1 aromatic heterocycles. The van der Waals surface area contributed by atoms with Gasteiger partial charge in [-0.3, -0.25) is 0 Å². The molecule has 0 amide bonds. The molecule has 2 nitrogen and oxygen atoms in total. The number of nitrogens with one attached hydrogen (secondary N) is 1. The summed E-state index contributed by atoms with van der Waals surface area (Å²) in [6.45, 7) is 16.7. The number of hydrogen-bond donors (Lipinski definition) is 1. The third-order valence-corrected chi connectivity index (χ3v) is 3.70. The first-order valence-corrected chi connectivity index (χ1v) is 6.81. The molecule has 0 aliphatic carbocycles. The van der Waals surface area contributed by atoms with Crippen LogP contribution in [0.2, 0.25) is 0 Å². The number of pyridine rings is 1. The zero-order valence-electron chi connectivity index (χ0n) is 13.0. The van der Waals surface area contributed by atoms with Gasteiger partial charge in [0.2, 0.25) is 0 Å². The SMILES string of the molecule is CC(CNc1ccc(C(C)(C)C)cn1)C(C)(C)C.